The number of carboxylic acids is 1. The van der Waals surface area contributed by atoms with E-state index in [2.05, 4.69) is 5.32 Å². The zero-order valence-corrected chi connectivity index (χ0v) is 14.5. The molecular formula is C21H14FN3O3. The summed E-state index contributed by atoms with van der Waals surface area (Å²) in [5.74, 6) is -2.27. The van der Waals surface area contributed by atoms with E-state index in [1.54, 1.807) is 41.0 Å². The number of benzene rings is 2. The van der Waals surface area contributed by atoms with Crippen molar-refractivity contribution in [2.75, 3.05) is 5.32 Å². The highest BCUT2D eigenvalue weighted by Crippen LogP contribution is 2.41. The van der Waals surface area contributed by atoms with E-state index in [0.29, 0.717) is 16.9 Å². The van der Waals surface area contributed by atoms with Crippen LogP contribution in [0, 0.1) is 17.1 Å². The van der Waals surface area contributed by atoms with Crippen LogP contribution in [-0.4, -0.2) is 21.6 Å². The molecule has 0 saturated heterocycles. The van der Waals surface area contributed by atoms with Crippen LogP contribution < -0.4 is 5.32 Å². The van der Waals surface area contributed by atoms with Crippen molar-refractivity contribution in [2.24, 2.45) is 0 Å². The number of nitrogens with one attached hydrogen (secondary N) is 1. The molecule has 1 aromatic heterocycles. The van der Waals surface area contributed by atoms with Crippen molar-refractivity contribution in [2.45, 2.75) is 12.3 Å². The Morgan fingerprint density at radius 2 is 1.86 bits per heavy atom. The number of carboxylic acid groups (broad SMARTS) is 1. The highest BCUT2D eigenvalue weighted by atomic mass is 19.1. The normalized spacial score (nSPS) is 15.4. The number of aromatic nitrogens is 1. The van der Waals surface area contributed by atoms with Gasteiger partial charge in [-0.1, -0.05) is 12.1 Å². The Bertz CT molecular complexity index is 1130. The van der Waals surface area contributed by atoms with Gasteiger partial charge in [0.05, 0.1) is 23.0 Å². The molecule has 28 heavy (non-hydrogen) atoms. The van der Waals surface area contributed by atoms with Gasteiger partial charge in [-0.25, -0.2) is 9.18 Å². The molecule has 7 heteroatoms. The first-order valence-corrected chi connectivity index (χ1v) is 8.52. The van der Waals surface area contributed by atoms with Gasteiger partial charge < -0.3 is 15.0 Å². The van der Waals surface area contributed by atoms with E-state index >= 15 is 0 Å². The van der Waals surface area contributed by atoms with Crippen LogP contribution in [0.2, 0.25) is 0 Å². The molecule has 1 aliphatic heterocycles. The highest BCUT2D eigenvalue weighted by Gasteiger charge is 2.34. The average molecular weight is 375 g/mol. The largest absolute Gasteiger partial charge is 0.478 e. The van der Waals surface area contributed by atoms with Gasteiger partial charge in [0.2, 0.25) is 5.91 Å². The van der Waals surface area contributed by atoms with E-state index in [-0.39, 0.29) is 23.6 Å². The third-order valence-electron chi connectivity index (χ3n) is 4.80. The van der Waals surface area contributed by atoms with Crippen LogP contribution in [0.1, 0.15) is 39.5 Å². The maximum Gasteiger partial charge on any atom is 0.339 e. The minimum Gasteiger partial charge on any atom is -0.478 e. The Hall–Kier alpha value is -3.92. The summed E-state index contributed by atoms with van der Waals surface area (Å²) in [5.41, 5.74) is 2.67. The number of aromatic carboxylic acids is 1. The molecule has 2 aromatic carbocycles. The number of fused-ring (bicyclic) bond motifs is 1. The monoisotopic (exact) mass is 375 g/mol. The summed E-state index contributed by atoms with van der Waals surface area (Å²) in [7, 11) is 0. The van der Waals surface area contributed by atoms with E-state index in [1.807, 2.05) is 6.07 Å². The molecule has 0 saturated carbocycles. The maximum absolute atomic E-state index is 13.4. The predicted molar refractivity (Wildman–Crippen MR) is 98.9 cm³/mol. The number of nitriles is 1. The van der Waals surface area contributed by atoms with Crippen molar-refractivity contribution in [3.8, 4) is 11.8 Å². The lowest BCUT2D eigenvalue weighted by Gasteiger charge is -2.26. The molecule has 2 heterocycles. The van der Waals surface area contributed by atoms with Crippen molar-refractivity contribution in [1.82, 2.24) is 4.57 Å². The maximum atomic E-state index is 13.4. The molecule has 0 aliphatic carbocycles. The fourth-order valence-electron chi connectivity index (χ4n) is 3.51. The van der Waals surface area contributed by atoms with Gasteiger partial charge in [-0.15, -0.1) is 0 Å². The van der Waals surface area contributed by atoms with Gasteiger partial charge in [0.1, 0.15) is 11.4 Å². The fourth-order valence-corrected chi connectivity index (χ4v) is 3.51. The number of anilines is 1. The lowest BCUT2D eigenvalue weighted by Crippen LogP contribution is -2.25. The fraction of sp³-hybridized carbons (Fsp3) is 0.0952. The van der Waals surface area contributed by atoms with Crippen LogP contribution in [0.15, 0.2) is 54.7 Å². The number of hydrogen-bond donors (Lipinski definition) is 2. The van der Waals surface area contributed by atoms with Gasteiger partial charge in [0, 0.05) is 24.2 Å². The van der Waals surface area contributed by atoms with Gasteiger partial charge in [-0.3, -0.25) is 4.79 Å². The van der Waals surface area contributed by atoms with Gasteiger partial charge in [0.25, 0.3) is 0 Å². The number of carbonyl (C=O) groups is 2. The van der Waals surface area contributed by atoms with Crippen LogP contribution in [0.4, 0.5) is 10.1 Å². The Labute approximate surface area is 159 Å². The van der Waals surface area contributed by atoms with E-state index in [0.717, 1.165) is 5.56 Å². The van der Waals surface area contributed by atoms with Crippen molar-refractivity contribution in [3.63, 3.8) is 0 Å². The van der Waals surface area contributed by atoms with Crippen molar-refractivity contribution in [1.29, 1.82) is 5.26 Å². The predicted octanol–water partition coefficient (Wildman–Crippen LogP) is 3.66. The number of hydrogen-bond acceptors (Lipinski definition) is 3. The lowest BCUT2D eigenvalue weighted by molar-refractivity contribution is -0.116. The first-order valence-electron chi connectivity index (χ1n) is 8.52. The van der Waals surface area contributed by atoms with Gasteiger partial charge in [-0.2, -0.15) is 5.26 Å². The van der Waals surface area contributed by atoms with Crippen molar-refractivity contribution >= 4 is 17.6 Å². The topological polar surface area (TPSA) is 95.1 Å². The standard InChI is InChI=1S/C21H14FN3O3/c22-14-5-7-15(8-6-14)25-11-17(21(27)28)19-20(25)16(9-18(26)24-19)13-3-1-12(10-23)2-4-13/h1-8,11,16H,9H2,(H,24,26)(H,27,28). The summed E-state index contributed by atoms with van der Waals surface area (Å²) in [5, 5.41) is 21.3. The molecule has 2 N–H and O–H groups in total. The molecule has 1 atom stereocenters. The first kappa shape index (κ1) is 17.5. The number of nitrogens with zero attached hydrogens (tertiary/aromatic N) is 2. The second kappa shape index (κ2) is 6.67. The van der Waals surface area contributed by atoms with Crippen LogP contribution >= 0.6 is 0 Å². The molecule has 6 nitrogen and oxygen atoms in total. The molecule has 4 rings (SSSR count). The lowest BCUT2D eigenvalue weighted by atomic mass is 9.88. The van der Waals surface area contributed by atoms with E-state index < -0.39 is 17.7 Å². The zero-order chi connectivity index (χ0) is 19.8. The van der Waals surface area contributed by atoms with Gasteiger partial charge in [0.15, 0.2) is 0 Å². The summed E-state index contributed by atoms with van der Waals surface area (Å²) >= 11 is 0. The van der Waals surface area contributed by atoms with Crippen LogP contribution in [-0.2, 0) is 4.79 Å². The zero-order valence-electron chi connectivity index (χ0n) is 14.5. The van der Waals surface area contributed by atoms with Crippen molar-refractivity contribution in [3.05, 3.63) is 82.9 Å². The summed E-state index contributed by atoms with van der Waals surface area (Å²) in [6.45, 7) is 0. The van der Waals surface area contributed by atoms with Crippen LogP contribution in [0.25, 0.3) is 5.69 Å². The molecular weight excluding hydrogens is 361 g/mol. The highest BCUT2D eigenvalue weighted by molar-refractivity contribution is 6.04. The number of amides is 1. The number of halogens is 1. The summed E-state index contributed by atoms with van der Waals surface area (Å²) in [6, 6.07) is 14.6. The third-order valence-corrected chi connectivity index (χ3v) is 4.80. The number of rotatable bonds is 3. The summed E-state index contributed by atoms with van der Waals surface area (Å²) in [4.78, 5) is 24.0. The molecule has 0 spiro atoms. The molecule has 1 aliphatic rings. The second-order valence-corrected chi connectivity index (χ2v) is 6.49. The molecule has 1 unspecified atom stereocenters. The smallest absolute Gasteiger partial charge is 0.339 e. The summed E-state index contributed by atoms with van der Waals surface area (Å²) in [6.07, 6.45) is 1.56. The van der Waals surface area contributed by atoms with Crippen molar-refractivity contribution < 1.29 is 19.1 Å². The Balaban J connectivity index is 1.94. The van der Waals surface area contributed by atoms with Crippen LogP contribution in [0.5, 0.6) is 0 Å². The van der Waals surface area contributed by atoms with E-state index in [1.165, 1.54) is 18.3 Å². The minimum absolute atomic E-state index is 0.0361. The Morgan fingerprint density at radius 3 is 2.46 bits per heavy atom. The van der Waals surface area contributed by atoms with E-state index in [9.17, 15) is 19.1 Å². The SMILES string of the molecule is N#Cc1ccc(C2CC(=O)Nc3c(C(=O)O)cn(-c4ccc(F)cc4)c32)cc1. The molecule has 1 amide bonds. The number of carbonyl (C=O) groups excluding carboxylic acids is 1. The quantitative estimate of drug-likeness (QED) is 0.730. The Morgan fingerprint density at radius 1 is 1.18 bits per heavy atom. The second-order valence-electron chi connectivity index (χ2n) is 6.49. The van der Waals surface area contributed by atoms with E-state index in [4.69, 9.17) is 5.26 Å². The molecule has 138 valence electrons. The molecule has 0 radical (unpaired) electrons. The van der Waals surface area contributed by atoms with Gasteiger partial charge >= 0.3 is 5.97 Å². The summed E-state index contributed by atoms with van der Waals surface area (Å²) < 4.78 is 15.0. The first-order chi connectivity index (χ1) is 13.5. The molecule has 0 bridgehead atoms. The molecule has 3 aromatic rings. The average Bonchev–Trinajstić information content (AvgIpc) is 3.07. The Kier molecular flexibility index (Phi) is 4.17. The molecule has 0 fully saturated rings. The van der Waals surface area contributed by atoms with Crippen LogP contribution in [0.3, 0.4) is 0 Å². The third kappa shape index (κ3) is 2.91. The van der Waals surface area contributed by atoms with Gasteiger partial charge in [-0.05, 0) is 42.0 Å². The minimum atomic E-state index is -1.17.